The van der Waals surface area contributed by atoms with Crippen LogP contribution in [0.5, 0.6) is 0 Å². The molecule has 1 heteroatoms. The van der Waals surface area contributed by atoms with Crippen molar-refractivity contribution in [3.8, 4) is 11.1 Å². The van der Waals surface area contributed by atoms with Crippen LogP contribution in [-0.4, -0.2) is 0 Å². The van der Waals surface area contributed by atoms with Crippen LogP contribution in [0.4, 0.5) is 0 Å². The van der Waals surface area contributed by atoms with E-state index in [1.54, 1.807) is 68.0 Å². The van der Waals surface area contributed by atoms with Crippen molar-refractivity contribution < 1.29 is 24.7 Å². The van der Waals surface area contributed by atoms with Crippen LogP contribution in [0.25, 0.3) is 17.2 Å². The second-order valence-electron chi connectivity index (χ2n) is 11.2. The summed E-state index contributed by atoms with van der Waals surface area (Å²) in [7, 11) is 0. The van der Waals surface area contributed by atoms with Gasteiger partial charge in [-0.1, -0.05) is 0 Å². The van der Waals surface area contributed by atoms with Crippen LogP contribution in [0.2, 0.25) is 0 Å². The van der Waals surface area contributed by atoms with Gasteiger partial charge in [0.25, 0.3) is 0 Å². The molecule has 2 unspecified atom stereocenters. The molecular formula is C30H35Zr. The summed E-state index contributed by atoms with van der Waals surface area (Å²) in [5, 5.41) is 0. The Bertz CT molecular complexity index is 970. The molecule has 0 N–H and O–H groups in total. The summed E-state index contributed by atoms with van der Waals surface area (Å²) in [4.78, 5) is 0. The molecule has 0 amide bonds. The van der Waals surface area contributed by atoms with Crippen LogP contribution in [-0.2, 0) is 24.7 Å². The van der Waals surface area contributed by atoms with E-state index in [2.05, 4.69) is 62.4 Å². The molecule has 159 valence electrons. The molecule has 4 saturated carbocycles. The molecule has 0 radical (unpaired) electrons. The second kappa shape index (κ2) is 8.13. The van der Waals surface area contributed by atoms with Gasteiger partial charge in [-0.3, -0.25) is 0 Å². The van der Waals surface area contributed by atoms with Crippen LogP contribution in [0.3, 0.4) is 0 Å². The van der Waals surface area contributed by atoms with E-state index < -0.39 is 0 Å². The Kier molecular flexibility index (Phi) is 5.42. The van der Waals surface area contributed by atoms with Gasteiger partial charge in [0.05, 0.1) is 0 Å². The van der Waals surface area contributed by atoms with Crippen molar-refractivity contribution in [1.82, 2.24) is 0 Å². The second-order valence-corrected chi connectivity index (χ2v) is 12.6. The molecule has 5 aliphatic carbocycles. The van der Waals surface area contributed by atoms with Gasteiger partial charge in [-0.05, 0) is 0 Å². The Hall–Kier alpha value is -0.937. The van der Waals surface area contributed by atoms with Crippen LogP contribution in [0.1, 0.15) is 85.0 Å². The number of allylic oxidation sites excluding steroid dienone is 1. The fraction of sp³-hybridized carbons (Fsp3) is 0.533. The van der Waals surface area contributed by atoms with Crippen molar-refractivity contribution in [3.05, 3.63) is 64.7 Å². The van der Waals surface area contributed by atoms with Gasteiger partial charge < -0.3 is 0 Å². The molecule has 4 fully saturated rings. The van der Waals surface area contributed by atoms with Gasteiger partial charge in [-0.15, -0.1) is 0 Å². The van der Waals surface area contributed by atoms with Gasteiger partial charge in [0.15, 0.2) is 0 Å². The molecule has 0 spiro atoms. The molecule has 0 saturated heterocycles. The SMILES string of the molecule is CCC(C)c1ccc(-c2cccc3c2C=C(CC2C4CC5CC(C4)CC2C5)[CH]3[Zr])cc1. The average molecular weight is 487 g/mol. The van der Waals surface area contributed by atoms with E-state index in [4.69, 9.17) is 0 Å². The summed E-state index contributed by atoms with van der Waals surface area (Å²) in [5.41, 5.74) is 9.18. The first-order chi connectivity index (χ1) is 15.1. The van der Waals surface area contributed by atoms with Gasteiger partial charge in [-0.25, -0.2) is 0 Å². The molecule has 2 atom stereocenters. The van der Waals surface area contributed by atoms with Gasteiger partial charge in [-0.2, -0.15) is 0 Å². The van der Waals surface area contributed by atoms with Gasteiger partial charge in [0, 0.05) is 0 Å². The van der Waals surface area contributed by atoms with Crippen LogP contribution < -0.4 is 0 Å². The van der Waals surface area contributed by atoms with Crippen molar-refractivity contribution in [3.63, 3.8) is 0 Å². The molecule has 31 heavy (non-hydrogen) atoms. The quantitative estimate of drug-likeness (QED) is 0.398. The van der Waals surface area contributed by atoms with Crippen LogP contribution in [0, 0.1) is 29.6 Å². The molecule has 4 bridgehead atoms. The Morgan fingerprint density at radius 3 is 2.23 bits per heavy atom. The fourth-order valence-corrected chi connectivity index (χ4v) is 8.88. The minimum absolute atomic E-state index is 0.645. The summed E-state index contributed by atoms with van der Waals surface area (Å²) < 4.78 is 0.679. The fourth-order valence-electron chi connectivity index (χ4n) is 7.76. The molecule has 0 heterocycles. The van der Waals surface area contributed by atoms with Crippen molar-refractivity contribution in [2.24, 2.45) is 29.6 Å². The number of rotatable bonds is 5. The van der Waals surface area contributed by atoms with E-state index in [0.29, 0.717) is 9.54 Å². The first-order valence-electron chi connectivity index (χ1n) is 12.8. The average Bonchev–Trinajstić information content (AvgIpc) is 3.11. The third kappa shape index (κ3) is 3.58. The predicted molar refractivity (Wildman–Crippen MR) is 126 cm³/mol. The van der Waals surface area contributed by atoms with E-state index in [0.717, 1.165) is 29.6 Å². The van der Waals surface area contributed by atoms with Gasteiger partial charge >= 0.3 is 205 Å². The van der Waals surface area contributed by atoms with Crippen molar-refractivity contribution in [2.45, 2.75) is 68.3 Å². The predicted octanol–water partition coefficient (Wildman–Crippen LogP) is 8.31. The van der Waals surface area contributed by atoms with E-state index in [1.807, 2.05) is 0 Å². The summed E-state index contributed by atoms with van der Waals surface area (Å²) in [6.07, 6.45) is 13.0. The van der Waals surface area contributed by atoms with Crippen molar-refractivity contribution >= 4 is 6.08 Å². The maximum atomic E-state index is 2.62. The molecule has 2 aromatic carbocycles. The van der Waals surface area contributed by atoms with Gasteiger partial charge in [0.2, 0.25) is 0 Å². The normalized spacial score (nSPS) is 33.9. The molecule has 0 aliphatic heterocycles. The monoisotopic (exact) mass is 485 g/mol. The minimum atomic E-state index is 0.645. The number of hydrogen-bond acceptors (Lipinski definition) is 0. The number of benzene rings is 2. The topological polar surface area (TPSA) is 0 Å². The molecule has 2 aromatic rings. The zero-order valence-corrected chi connectivity index (χ0v) is 21.6. The molecule has 0 nitrogen and oxygen atoms in total. The van der Waals surface area contributed by atoms with Gasteiger partial charge in [0.1, 0.15) is 0 Å². The summed E-state index contributed by atoms with van der Waals surface area (Å²) in [5.74, 6) is 5.87. The van der Waals surface area contributed by atoms with Crippen LogP contribution in [0.15, 0.2) is 48.0 Å². The van der Waals surface area contributed by atoms with E-state index in [9.17, 15) is 0 Å². The molecule has 5 aliphatic rings. The van der Waals surface area contributed by atoms with Crippen LogP contribution >= 0.6 is 0 Å². The zero-order valence-electron chi connectivity index (χ0n) is 19.1. The molecule has 0 aromatic heterocycles. The van der Waals surface area contributed by atoms with Crippen molar-refractivity contribution in [2.75, 3.05) is 0 Å². The Labute approximate surface area is 203 Å². The third-order valence-electron chi connectivity index (χ3n) is 9.45. The maximum absolute atomic E-state index is 2.62. The first kappa shape index (κ1) is 20.7. The van der Waals surface area contributed by atoms with E-state index in [-0.39, 0.29) is 0 Å². The first-order valence-corrected chi connectivity index (χ1v) is 14.2. The standard InChI is InChI=1S/C30H35.Zr/c1-3-19(2)23-7-9-24(10-8-23)28-6-4-5-25-12-22(18-30(25)28)17-29-26-13-20-11-21(15-26)16-27(29)14-20;/h4-10,12,18-21,26-27,29H,3,11,13-17H2,1-2H3;. The van der Waals surface area contributed by atoms with Crippen molar-refractivity contribution in [1.29, 1.82) is 0 Å². The Balaban J connectivity index is 1.28. The molecular weight excluding hydrogens is 452 g/mol. The number of hydrogen-bond donors (Lipinski definition) is 0. The summed E-state index contributed by atoms with van der Waals surface area (Å²) >= 11 is 1.67. The summed E-state index contributed by atoms with van der Waals surface area (Å²) in [6.45, 7) is 4.61. The van der Waals surface area contributed by atoms with E-state index >= 15 is 0 Å². The summed E-state index contributed by atoms with van der Waals surface area (Å²) in [6, 6.07) is 16.5. The van der Waals surface area contributed by atoms with E-state index in [1.165, 1.54) is 35.1 Å². The third-order valence-corrected chi connectivity index (χ3v) is 11.1. The zero-order chi connectivity index (χ0) is 21.1. The number of fused-ring (bicyclic) bond motifs is 1. The Morgan fingerprint density at radius 1 is 0.903 bits per heavy atom. The molecule has 7 rings (SSSR count). The Morgan fingerprint density at radius 2 is 1.58 bits per heavy atom.